The Kier molecular flexibility index (Phi) is 6.51. The van der Waals surface area contributed by atoms with Crippen LogP contribution in [0.15, 0.2) is 47.0 Å². The normalized spacial score (nSPS) is 10.9. The molecule has 0 aliphatic heterocycles. The summed E-state index contributed by atoms with van der Waals surface area (Å²) in [6, 6.07) is 12.2. The summed E-state index contributed by atoms with van der Waals surface area (Å²) in [5.74, 6) is 1.18. The monoisotopic (exact) mass is 420 g/mol. The van der Waals surface area contributed by atoms with Crippen molar-refractivity contribution < 1.29 is 14.1 Å². The van der Waals surface area contributed by atoms with Crippen LogP contribution in [0.4, 0.5) is 5.69 Å². The van der Waals surface area contributed by atoms with Crippen LogP contribution < -0.4 is 10.1 Å². The first-order valence-corrected chi connectivity index (χ1v) is 9.10. The summed E-state index contributed by atoms with van der Waals surface area (Å²) >= 11 is 11.9. The van der Waals surface area contributed by atoms with Crippen molar-refractivity contribution in [3.63, 3.8) is 0 Å². The number of methoxy groups -OCH3 is 1. The fourth-order valence-electron chi connectivity index (χ4n) is 2.53. The summed E-state index contributed by atoms with van der Waals surface area (Å²) in [4.78, 5) is 18.4. The Bertz CT molecular complexity index is 960. The van der Waals surface area contributed by atoms with E-state index in [0.717, 1.165) is 5.56 Å². The fraction of sp³-hybridized carbons (Fsp3) is 0.211. The zero-order chi connectivity index (χ0) is 20.1. The summed E-state index contributed by atoms with van der Waals surface area (Å²) in [5, 5.41) is 7.89. The molecular formula is C19H18Cl2N4O3. The van der Waals surface area contributed by atoms with Crippen molar-refractivity contribution in [2.24, 2.45) is 0 Å². The van der Waals surface area contributed by atoms with Gasteiger partial charge in [0, 0.05) is 15.6 Å². The molecule has 0 aliphatic rings. The maximum absolute atomic E-state index is 12.3. The fourth-order valence-corrected chi connectivity index (χ4v) is 2.83. The Hall–Kier alpha value is -2.61. The minimum atomic E-state index is -0.222. The van der Waals surface area contributed by atoms with Gasteiger partial charge in [0.05, 0.1) is 25.9 Å². The third-order valence-electron chi connectivity index (χ3n) is 3.82. The highest BCUT2D eigenvalue weighted by molar-refractivity contribution is 6.31. The summed E-state index contributed by atoms with van der Waals surface area (Å²) in [6.45, 7) is 0.440. The molecule has 9 heteroatoms. The summed E-state index contributed by atoms with van der Waals surface area (Å²) in [7, 11) is 3.31. The van der Waals surface area contributed by atoms with E-state index in [1.807, 2.05) is 12.1 Å². The maximum Gasteiger partial charge on any atom is 0.241 e. The first-order valence-electron chi connectivity index (χ1n) is 8.35. The van der Waals surface area contributed by atoms with E-state index >= 15 is 0 Å². The topological polar surface area (TPSA) is 80.5 Å². The van der Waals surface area contributed by atoms with Crippen LogP contribution in [-0.4, -0.2) is 41.6 Å². The number of halogens is 2. The van der Waals surface area contributed by atoms with Gasteiger partial charge in [0.15, 0.2) is 0 Å². The van der Waals surface area contributed by atoms with E-state index in [4.69, 9.17) is 32.5 Å². The van der Waals surface area contributed by atoms with Crippen molar-refractivity contribution >= 4 is 34.8 Å². The highest BCUT2D eigenvalue weighted by Crippen LogP contribution is 2.27. The number of carbonyl (C=O) groups is 1. The van der Waals surface area contributed by atoms with E-state index in [1.54, 1.807) is 42.3 Å². The van der Waals surface area contributed by atoms with Crippen molar-refractivity contribution in [3.05, 3.63) is 58.4 Å². The van der Waals surface area contributed by atoms with Gasteiger partial charge >= 0.3 is 0 Å². The van der Waals surface area contributed by atoms with Crippen LogP contribution in [0.1, 0.15) is 5.89 Å². The third kappa shape index (κ3) is 5.22. The first-order chi connectivity index (χ1) is 13.4. The number of likely N-dealkylation sites (N-methyl/N-ethyl adjacent to an activating group) is 1. The number of benzene rings is 2. The summed E-state index contributed by atoms with van der Waals surface area (Å²) < 4.78 is 10.5. The quantitative estimate of drug-likeness (QED) is 0.618. The molecule has 146 valence electrons. The average Bonchev–Trinajstić information content (AvgIpc) is 3.10. The highest BCUT2D eigenvalue weighted by atomic mass is 35.5. The number of hydrogen-bond donors (Lipinski definition) is 1. The van der Waals surface area contributed by atoms with Gasteiger partial charge in [0.25, 0.3) is 0 Å². The maximum atomic E-state index is 12.3. The van der Waals surface area contributed by atoms with Crippen LogP contribution in [0.2, 0.25) is 10.0 Å². The van der Waals surface area contributed by atoms with Gasteiger partial charge in [-0.15, -0.1) is 0 Å². The van der Waals surface area contributed by atoms with Gasteiger partial charge in [-0.25, -0.2) is 0 Å². The highest BCUT2D eigenvalue weighted by Gasteiger charge is 2.14. The van der Waals surface area contributed by atoms with E-state index in [2.05, 4.69) is 15.5 Å². The molecule has 2 aromatic carbocycles. The number of ether oxygens (including phenoxy) is 1. The van der Waals surface area contributed by atoms with Crippen molar-refractivity contribution in [2.75, 3.05) is 26.0 Å². The number of rotatable bonds is 7. The lowest BCUT2D eigenvalue weighted by molar-refractivity contribution is -0.117. The van der Waals surface area contributed by atoms with Gasteiger partial charge < -0.3 is 14.6 Å². The molecule has 0 saturated heterocycles. The standard InChI is InChI=1S/C19H18Cl2N4O3/c1-25(10-17(26)22-15-9-14(21)7-8-16(15)27-2)11-18-23-19(24-28-18)12-3-5-13(20)6-4-12/h3-9H,10-11H2,1-2H3,(H,22,26). The second-order valence-electron chi connectivity index (χ2n) is 6.08. The molecule has 0 fully saturated rings. The van der Waals surface area contributed by atoms with Crippen molar-refractivity contribution in [1.82, 2.24) is 15.0 Å². The van der Waals surface area contributed by atoms with Crippen molar-refractivity contribution in [2.45, 2.75) is 6.54 Å². The molecule has 0 atom stereocenters. The van der Waals surface area contributed by atoms with Crippen LogP contribution in [0.3, 0.4) is 0 Å². The average molecular weight is 421 g/mol. The van der Waals surface area contributed by atoms with Crippen LogP contribution in [0.25, 0.3) is 11.4 Å². The molecule has 0 radical (unpaired) electrons. The summed E-state index contributed by atoms with van der Waals surface area (Å²) in [5.41, 5.74) is 1.31. The van der Waals surface area contributed by atoms with Gasteiger partial charge in [-0.3, -0.25) is 9.69 Å². The minimum Gasteiger partial charge on any atom is -0.495 e. The van der Waals surface area contributed by atoms with Gasteiger partial charge in [-0.1, -0.05) is 28.4 Å². The van der Waals surface area contributed by atoms with E-state index in [9.17, 15) is 4.79 Å². The lowest BCUT2D eigenvalue weighted by Gasteiger charge is -2.15. The molecule has 1 aromatic heterocycles. The lowest BCUT2D eigenvalue weighted by Crippen LogP contribution is -2.30. The molecule has 3 rings (SSSR count). The SMILES string of the molecule is COc1ccc(Cl)cc1NC(=O)CN(C)Cc1nc(-c2ccc(Cl)cc2)no1. The lowest BCUT2D eigenvalue weighted by atomic mass is 10.2. The van der Waals surface area contributed by atoms with E-state index in [1.165, 1.54) is 7.11 Å². The van der Waals surface area contributed by atoms with Gasteiger partial charge in [-0.05, 0) is 49.5 Å². The molecular weight excluding hydrogens is 403 g/mol. The zero-order valence-electron chi connectivity index (χ0n) is 15.3. The predicted octanol–water partition coefficient (Wildman–Crippen LogP) is 4.12. The number of hydrogen-bond acceptors (Lipinski definition) is 6. The molecule has 0 bridgehead atoms. The molecule has 3 aromatic rings. The number of nitrogens with one attached hydrogen (secondary N) is 1. The van der Waals surface area contributed by atoms with E-state index in [-0.39, 0.29) is 12.5 Å². The Morgan fingerprint density at radius 2 is 1.89 bits per heavy atom. The zero-order valence-corrected chi connectivity index (χ0v) is 16.8. The van der Waals surface area contributed by atoms with Crippen LogP contribution in [-0.2, 0) is 11.3 Å². The predicted molar refractivity (Wildman–Crippen MR) is 108 cm³/mol. The second kappa shape index (κ2) is 9.05. The van der Waals surface area contributed by atoms with Gasteiger partial charge in [-0.2, -0.15) is 4.98 Å². The number of aromatic nitrogens is 2. The van der Waals surface area contributed by atoms with Crippen LogP contribution in [0.5, 0.6) is 5.75 Å². The first kappa shape index (κ1) is 20.1. The number of anilines is 1. The molecule has 0 saturated carbocycles. The second-order valence-corrected chi connectivity index (χ2v) is 6.96. The molecule has 1 amide bonds. The number of amides is 1. The third-order valence-corrected chi connectivity index (χ3v) is 4.31. The molecule has 1 heterocycles. The molecule has 0 spiro atoms. The number of carbonyl (C=O) groups excluding carboxylic acids is 1. The van der Waals surface area contributed by atoms with Crippen LogP contribution >= 0.6 is 23.2 Å². The Balaban J connectivity index is 1.58. The van der Waals surface area contributed by atoms with Crippen LogP contribution in [0, 0.1) is 0 Å². The van der Waals surface area contributed by atoms with E-state index in [0.29, 0.717) is 39.7 Å². The summed E-state index contributed by atoms with van der Waals surface area (Å²) in [6.07, 6.45) is 0. The Labute approximate surface area is 172 Å². The largest absolute Gasteiger partial charge is 0.495 e. The molecule has 1 N–H and O–H groups in total. The van der Waals surface area contributed by atoms with E-state index < -0.39 is 0 Å². The molecule has 0 unspecified atom stereocenters. The van der Waals surface area contributed by atoms with Crippen molar-refractivity contribution in [1.29, 1.82) is 0 Å². The number of nitrogens with zero attached hydrogens (tertiary/aromatic N) is 3. The smallest absolute Gasteiger partial charge is 0.241 e. The molecule has 0 aliphatic carbocycles. The van der Waals surface area contributed by atoms with Crippen molar-refractivity contribution in [3.8, 4) is 17.1 Å². The Morgan fingerprint density at radius 3 is 2.61 bits per heavy atom. The molecule has 28 heavy (non-hydrogen) atoms. The minimum absolute atomic E-state index is 0.119. The van der Waals surface area contributed by atoms with Gasteiger partial charge in [0.1, 0.15) is 5.75 Å². The Morgan fingerprint density at radius 1 is 1.18 bits per heavy atom. The molecule has 7 nitrogen and oxygen atoms in total. The van der Waals surface area contributed by atoms with Gasteiger partial charge in [0.2, 0.25) is 17.6 Å².